The minimum atomic E-state index is -3.14. The molecule has 0 aromatic heterocycles. The predicted molar refractivity (Wildman–Crippen MR) is 107 cm³/mol. The molecule has 2 heterocycles. The zero-order chi connectivity index (χ0) is 18.0. The van der Waals surface area contributed by atoms with E-state index in [2.05, 4.69) is 10.6 Å². The molecule has 26 heavy (non-hydrogen) atoms. The molecule has 1 aromatic carbocycles. The average molecular weight is 401 g/mol. The Labute approximate surface area is 162 Å². The van der Waals surface area contributed by atoms with Crippen LogP contribution < -0.4 is 10.6 Å². The number of piperidine rings is 1. The highest BCUT2D eigenvalue weighted by molar-refractivity contribution is 7.91. The summed E-state index contributed by atoms with van der Waals surface area (Å²) in [4.78, 5) is 12.4. The number of amides is 1. The number of rotatable bonds is 6. The second kappa shape index (κ2) is 8.72. The van der Waals surface area contributed by atoms with Crippen LogP contribution in [0.1, 0.15) is 51.5 Å². The molecule has 3 rings (SSSR count). The van der Waals surface area contributed by atoms with E-state index in [-0.39, 0.29) is 24.1 Å². The molecule has 146 valence electrons. The summed E-state index contributed by atoms with van der Waals surface area (Å²) in [6, 6.07) is 8.34. The van der Waals surface area contributed by atoms with Gasteiger partial charge in [-0.25, -0.2) is 8.42 Å². The van der Waals surface area contributed by atoms with Crippen molar-refractivity contribution >= 4 is 33.8 Å². The van der Waals surface area contributed by atoms with Crippen molar-refractivity contribution in [3.8, 4) is 0 Å². The SMILES string of the molecule is CC(C)S(=O)(=O)Cc1cccc(NC(=O)CC2CC3CCC(C2)N3)c1.Cl. The molecule has 2 aliphatic heterocycles. The molecule has 1 aromatic rings. The summed E-state index contributed by atoms with van der Waals surface area (Å²) < 4.78 is 24.1. The lowest BCUT2D eigenvalue weighted by Gasteiger charge is -2.28. The molecule has 1 amide bonds. The Bertz CT molecular complexity index is 724. The molecular weight excluding hydrogens is 372 g/mol. The maximum Gasteiger partial charge on any atom is 0.224 e. The van der Waals surface area contributed by atoms with Crippen LogP contribution in [0.25, 0.3) is 0 Å². The van der Waals surface area contributed by atoms with E-state index < -0.39 is 15.1 Å². The lowest BCUT2D eigenvalue weighted by atomic mass is 9.89. The van der Waals surface area contributed by atoms with Gasteiger partial charge in [0.25, 0.3) is 0 Å². The van der Waals surface area contributed by atoms with Gasteiger partial charge in [-0.2, -0.15) is 0 Å². The van der Waals surface area contributed by atoms with E-state index >= 15 is 0 Å². The number of carbonyl (C=O) groups is 1. The smallest absolute Gasteiger partial charge is 0.224 e. The lowest BCUT2D eigenvalue weighted by Crippen LogP contribution is -2.39. The molecular formula is C19H29ClN2O3S. The average Bonchev–Trinajstić information content (AvgIpc) is 2.85. The molecule has 2 unspecified atom stereocenters. The summed E-state index contributed by atoms with van der Waals surface area (Å²) in [5.74, 6) is 0.477. The van der Waals surface area contributed by atoms with Gasteiger partial charge in [-0.3, -0.25) is 4.79 Å². The van der Waals surface area contributed by atoms with E-state index in [1.807, 2.05) is 6.07 Å². The number of fused-ring (bicyclic) bond motifs is 2. The first-order valence-electron chi connectivity index (χ1n) is 9.18. The molecule has 0 spiro atoms. The molecule has 5 nitrogen and oxygen atoms in total. The monoisotopic (exact) mass is 400 g/mol. The minimum absolute atomic E-state index is 0. The second-order valence-corrected chi connectivity index (χ2v) is 10.3. The zero-order valence-electron chi connectivity index (χ0n) is 15.4. The summed E-state index contributed by atoms with van der Waals surface area (Å²) in [5.41, 5.74) is 1.39. The summed E-state index contributed by atoms with van der Waals surface area (Å²) >= 11 is 0. The highest BCUT2D eigenvalue weighted by Gasteiger charge is 2.34. The van der Waals surface area contributed by atoms with E-state index in [1.165, 1.54) is 12.8 Å². The first-order chi connectivity index (χ1) is 11.8. The predicted octanol–water partition coefficient (Wildman–Crippen LogP) is 3.29. The maximum atomic E-state index is 12.4. The Morgan fingerprint density at radius 2 is 1.88 bits per heavy atom. The molecule has 2 N–H and O–H groups in total. The molecule has 0 saturated carbocycles. The van der Waals surface area contributed by atoms with Crippen molar-refractivity contribution in [3.05, 3.63) is 29.8 Å². The van der Waals surface area contributed by atoms with Crippen LogP contribution in [0.5, 0.6) is 0 Å². The number of nitrogens with one attached hydrogen (secondary N) is 2. The van der Waals surface area contributed by atoms with Crippen LogP contribution in [0, 0.1) is 5.92 Å². The van der Waals surface area contributed by atoms with Crippen molar-refractivity contribution in [2.75, 3.05) is 5.32 Å². The molecule has 0 radical (unpaired) electrons. The van der Waals surface area contributed by atoms with E-state index in [9.17, 15) is 13.2 Å². The molecule has 2 aliphatic rings. The summed E-state index contributed by atoms with van der Waals surface area (Å²) in [5, 5.41) is 6.13. The fourth-order valence-electron chi connectivity index (χ4n) is 3.95. The van der Waals surface area contributed by atoms with Gasteiger partial charge in [0, 0.05) is 24.2 Å². The zero-order valence-corrected chi connectivity index (χ0v) is 17.0. The fraction of sp³-hybridized carbons (Fsp3) is 0.632. The number of hydrogen-bond acceptors (Lipinski definition) is 4. The number of sulfone groups is 1. The Balaban J connectivity index is 0.00000243. The van der Waals surface area contributed by atoms with Crippen LogP contribution in [-0.4, -0.2) is 31.7 Å². The second-order valence-electron chi connectivity index (χ2n) is 7.78. The van der Waals surface area contributed by atoms with Crippen LogP contribution in [0.2, 0.25) is 0 Å². The third-order valence-electron chi connectivity index (χ3n) is 5.34. The van der Waals surface area contributed by atoms with Gasteiger partial charge in [-0.05, 0) is 63.1 Å². The Hall–Kier alpha value is -1.11. The van der Waals surface area contributed by atoms with Gasteiger partial charge in [0.05, 0.1) is 11.0 Å². The van der Waals surface area contributed by atoms with Crippen LogP contribution in [0.4, 0.5) is 5.69 Å². The highest BCUT2D eigenvalue weighted by Crippen LogP contribution is 2.32. The van der Waals surface area contributed by atoms with Crippen molar-refractivity contribution in [2.45, 2.75) is 69.0 Å². The molecule has 2 saturated heterocycles. The van der Waals surface area contributed by atoms with Crippen molar-refractivity contribution < 1.29 is 13.2 Å². The summed E-state index contributed by atoms with van der Waals surface area (Å²) in [6.07, 6.45) is 5.17. The third kappa shape index (κ3) is 5.44. The van der Waals surface area contributed by atoms with E-state index in [0.29, 0.717) is 35.7 Å². The molecule has 2 fully saturated rings. The largest absolute Gasteiger partial charge is 0.326 e. The van der Waals surface area contributed by atoms with E-state index in [1.54, 1.807) is 32.0 Å². The number of halogens is 1. The van der Waals surface area contributed by atoms with Crippen LogP contribution >= 0.6 is 12.4 Å². The Kier molecular flexibility index (Phi) is 7.11. The molecule has 7 heteroatoms. The highest BCUT2D eigenvalue weighted by atomic mass is 35.5. The van der Waals surface area contributed by atoms with Crippen LogP contribution in [-0.2, 0) is 20.4 Å². The van der Waals surface area contributed by atoms with Crippen LogP contribution in [0.15, 0.2) is 24.3 Å². The molecule has 2 bridgehead atoms. The minimum Gasteiger partial charge on any atom is -0.326 e. The number of benzene rings is 1. The standard InChI is InChI=1S/C19H28N2O3S.ClH/c1-13(2)25(23,24)12-14-4-3-5-16(8-14)21-19(22)11-15-9-17-6-7-18(10-15)20-17;/h3-5,8,13,15,17-18,20H,6-7,9-12H2,1-2H3,(H,21,22);1H. The third-order valence-corrected chi connectivity index (χ3v) is 7.51. The summed E-state index contributed by atoms with van der Waals surface area (Å²) in [7, 11) is -3.14. The Morgan fingerprint density at radius 3 is 2.50 bits per heavy atom. The molecule has 0 aliphatic carbocycles. The maximum absolute atomic E-state index is 12.4. The quantitative estimate of drug-likeness (QED) is 0.768. The van der Waals surface area contributed by atoms with E-state index in [0.717, 1.165) is 12.8 Å². The first kappa shape index (κ1) is 21.2. The Morgan fingerprint density at radius 1 is 1.23 bits per heavy atom. The number of carbonyl (C=O) groups excluding carboxylic acids is 1. The number of anilines is 1. The van der Waals surface area contributed by atoms with Crippen LogP contribution in [0.3, 0.4) is 0 Å². The van der Waals surface area contributed by atoms with Gasteiger partial charge < -0.3 is 10.6 Å². The van der Waals surface area contributed by atoms with Gasteiger partial charge in [0.2, 0.25) is 5.91 Å². The fourth-order valence-corrected chi connectivity index (χ4v) is 4.93. The van der Waals surface area contributed by atoms with Gasteiger partial charge in [-0.15, -0.1) is 12.4 Å². The molecule has 2 atom stereocenters. The summed E-state index contributed by atoms with van der Waals surface area (Å²) in [6.45, 7) is 3.38. The number of hydrogen-bond donors (Lipinski definition) is 2. The van der Waals surface area contributed by atoms with Crippen molar-refractivity contribution in [3.63, 3.8) is 0 Å². The normalized spacial score (nSPS) is 25.0. The van der Waals surface area contributed by atoms with Crippen molar-refractivity contribution in [1.82, 2.24) is 5.32 Å². The van der Waals surface area contributed by atoms with Gasteiger partial charge in [-0.1, -0.05) is 12.1 Å². The van der Waals surface area contributed by atoms with Gasteiger partial charge in [0.15, 0.2) is 9.84 Å². The first-order valence-corrected chi connectivity index (χ1v) is 10.9. The lowest BCUT2D eigenvalue weighted by molar-refractivity contribution is -0.117. The van der Waals surface area contributed by atoms with Crippen molar-refractivity contribution in [1.29, 1.82) is 0 Å². The van der Waals surface area contributed by atoms with Crippen molar-refractivity contribution in [2.24, 2.45) is 5.92 Å². The topological polar surface area (TPSA) is 75.3 Å². The van der Waals surface area contributed by atoms with Gasteiger partial charge >= 0.3 is 0 Å². The van der Waals surface area contributed by atoms with E-state index in [4.69, 9.17) is 0 Å². The van der Waals surface area contributed by atoms with Gasteiger partial charge in [0.1, 0.15) is 0 Å².